The van der Waals surface area contributed by atoms with Crippen molar-refractivity contribution in [2.75, 3.05) is 0 Å². The molecule has 27 heavy (non-hydrogen) atoms. The number of aromatic nitrogens is 2. The molecule has 0 spiro atoms. The summed E-state index contributed by atoms with van der Waals surface area (Å²) >= 11 is 0. The van der Waals surface area contributed by atoms with E-state index in [1.165, 1.54) is 26.2 Å². The number of carbonyl (C=O) groups excluding carboxylic acids is 1. The molecule has 0 aliphatic rings. The van der Waals surface area contributed by atoms with Crippen LogP contribution in [-0.4, -0.2) is 15.9 Å². The van der Waals surface area contributed by atoms with Gasteiger partial charge in [-0.2, -0.15) is 0 Å². The van der Waals surface area contributed by atoms with Crippen molar-refractivity contribution < 1.29 is 13.9 Å². The van der Waals surface area contributed by atoms with E-state index in [2.05, 4.69) is 9.97 Å². The van der Waals surface area contributed by atoms with Gasteiger partial charge in [0.15, 0.2) is 0 Å². The zero-order valence-electron chi connectivity index (χ0n) is 15.4. The topological polar surface area (TPSA) is 78.1 Å². The molecule has 0 saturated carbocycles. The van der Waals surface area contributed by atoms with E-state index in [1.807, 2.05) is 13.0 Å². The largest absolute Gasteiger partial charge is 0.456 e. The van der Waals surface area contributed by atoms with Gasteiger partial charge in [0.2, 0.25) is 5.91 Å². The molecule has 0 aliphatic heterocycles. The van der Waals surface area contributed by atoms with Crippen molar-refractivity contribution in [3.63, 3.8) is 0 Å². The molecule has 0 saturated heterocycles. The van der Waals surface area contributed by atoms with Gasteiger partial charge in [0.25, 0.3) is 0 Å². The molecule has 0 fully saturated rings. The first-order valence-corrected chi connectivity index (χ1v) is 8.43. The first kappa shape index (κ1) is 18.5. The Labute approximate surface area is 157 Å². The van der Waals surface area contributed by atoms with Crippen LogP contribution in [0.3, 0.4) is 0 Å². The summed E-state index contributed by atoms with van der Waals surface area (Å²) in [4.78, 5) is 19.8. The van der Waals surface area contributed by atoms with Crippen LogP contribution < -0.4 is 10.5 Å². The number of pyridine rings is 2. The lowest BCUT2D eigenvalue weighted by atomic mass is 10.0. The molecule has 3 rings (SSSR count). The highest BCUT2D eigenvalue weighted by atomic mass is 19.1. The molecule has 5 nitrogen and oxygen atoms in total. The number of nitrogens with two attached hydrogens (primary N) is 1. The Kier molecular flexibility index (Phi) is 4.90. The van der Waals surface area contributed by atoms with Crippen molar-refractivity contribution in [1.29, 1.82) is 0 Å². The minimum atomic E-state index is -1.50. The number of carbonyl (C=O) groups is 1. The van der Waals surface area contributed by atoms with Gasteiger partial charge in [-0.3, -0.25) is 14.8 Å². The standard InChI is InChI=1S/C21H20FN3O2/c1-13-8-14(4-5-18(13)20(23)26)19-10-16(6-7-25-19)27-17-9-15(11-24-12-17)21(2,3)22/h4-12H,1-3H3,(H2,23,26). The number of nitrogens with zero attached hydrogens (tertiary/aromatic N) is 2. The van der Waals surface area contributed by atoms with Crippen LogP contribution >= 0.6 is 0 Å². The van der Waals surface area contributed by atoms with Crippen LogP contribution in [0.15, 0.2) is 55.0 Å². The van der Waals surface area contributed by atoms with Crippen molar-refractivity contribution in [3.05, 3.63) is 71.7 Å². The second kappa shape index (κ2) is 7.15. The molecule has 1 aromatic carbocycles. The summed E-state index contributed by atoms with van der Waals surface area (Å²) in [7, 11) is 0. The maximum atomic E-state index is 14.1. The SMILES string of the molecule is Cc1cc(-c2cc(Oc3cncc(C(C)(C)F)c3)ccn2)ccc1C(N)=O. The van der Waals surface area contributed by atoms with Crippen LogP contribution in [0.4, 0.5) is 4.39 Å². The number of hydrogen-bond acceptors (Lipinski definition) is 4. The van der Waals surface area contributed by atoms with Crippen LogP contribution in [0.1, 0.15) is 35.3 Å². The average Bonchev–Trinajstić information content (AvgIpc) is 2.61. The van der Waals surface area contributed by atoms with Gasteiger partial charge >= 0.3 is 0 Å². The first-order chi connectivity index (χ1) is 12.7. The summed E-state index contributed by atoms with van der Waals surface area (Å²) in [6, 6.07) is 10.4. The van der Waals surface area contributed by atoms with E-state index in [0.717, 1.165) is 11.1 Å². The third-order valence-corrected chi connectivity index (χ3v) is 4.15. The van der Waals surface area contributed by atoms with Gasteiger partial charge < -0.3 is 10.5 Å². The number of benzene rings is 1. The van der Waals surface area contributed by atoms with Crippen LogP contribution in [0, 0.1) is 6.92 Å². The number of alkyl halides is 1. The summed E-state index contributed by atoms with van der Waals surface area (Å²) in [5.74, 6) is 0.523. The molecule has 0 radical (unpaired) electrons. The molecule has 1 amide bonds. The van der Waals surface area contributed by atoms with Crippen molar-refractivity contribution in [2.24, 2.45) is 5.73 Å². The third-order valence-electron chi connectivity index (χ3n) is 4.15. The molecule has 2 aromatic heterocycles. The monoisotopic (exact) mass is 365 g/mol. The van der Waals surface area contributed by atoms with E-state index >= 15 is 0 Å². The van der Waals surface area contributed by atoms with Crippen LogP contribution in [0.25, 0.3) is 11.3 Å². The highest BCUT2D eigenvalue weighted by Crippen LogP contribution is 2.30. The summed E-state index contributed by atoms with van der Waals surface area (Å²) < 4.78 is 19.9. The summed E-state index contributed by atoms with van der Waals surface area (Å²) in [5, 5.41) is 0. The van der Waals surface area contributed by atoms with Crippen molar-refractivity contribution >= 4 is 5.91 Å². The maximum Gasteiger partial charge on any atom is 0.248 e. The van der Waals surface area contributed by atoms with Gasteiger partial charge in [-0.25, -0.2) is 4.39 Å². The lowest BCUT2D eigenvalue weighted by Gasteiger charge is -2.15. The Balaban J connectivity index is 1.89. The lowest BCUT2D eigenvalue weighted by molar-refractivity contribution is 0.0999. The molecular formula is C21H20FN3O2. The van der Waals surface area contributed by atoms with Gasteiger partial charge in [-0.05, 0) is 50.6 Å². The Morgan fingerprint density at radius 3 is 2.56 bits per heavy atom. The Bertz CT molecular complexity index is 997. The molecule has 0 aliphatic carbocycles. The van der Waals surface area contributed by atoms with Gasteiger partial charge in [0.05, 0.1) is 11.9 Å². The predicted octanol–water partition coefficient (Wildman–Crippen LogP) is 4.55. The van der Waals surface area contributed by atoms with Gasteiger partial charge in [0.1, 0.15) is 17.2 Å². The molecule has 0 atom stereocenters. The smallest absolute Gasteiger partial charge is 0.248 e. The lowest BCUT2D eigenvalue weighted by Crippen LogP contribution is -2.12. The quantitative estimate of drug-likeness (QED) is 0.719. The highest BCUT2D eigenvalue weighted by molar-refractivity contribution is 5.94. The number of halogens is 1. The Morgan fingerprint density at radius 2 is 1.89 bits per heavy atom. The number of aryl methyl sites for hydroxylation is 1. The molecule has 0 unspecified atom stereocenters. The first-order valence-electron chi connectivity index (χ1n) is 8.43. The Hall–Kier alpha value is -3.28. The Morgan fingerprint density at radius 1 is 1.11 bits per heavy atom. The fourth-order valence-electron chi connectivity index (χ4n) is 2.67. The van der Waals surface area contributed by atoms with Gasteiger partial charge in [0, 0.05) is 35.2 Å². The van der Waals surface area contributed by atoms with E-state index < -0.39 is 11.6 Å². The minimum absolute atomic E-state index is 0.437. The fraction of sp³-hybridized carbons (Fsp3) is 0.190. The summed E-state index contributed by atoms with van der Waals surface area (Å²) in [6.07, 6.45) is 4.63. The molecule has 2 N–H and O–H groups in total. The second-order valence-electron chi connectivity index (χ2n) is 6.75. The summed E-state index contributed by atoms with van der Waals surface area (Å²) in [6.45, 7) is 4.76. The zero-order valence-corrected chi connectivity index (χ0v) is 15.4. The third kappa shape index (κ3) is 4.28. The normalized spacial score (nSPS) is 11.3. The second-order valence-corrected chi connectivity index (χ2v) is 6.75. The molecule has 6 heteroatoms. The van der Waals surface area contributed by atoms with Crippen LogP contribution in [0.2, 0.25) is 0 Å². The highest BCUT2D eigenvalue weighted by Gasteiger charge is 2.19. The van der Waals surface area contributed by atoms with E-state index in [1.54, 1.807) is 36.5 Å². The maximum absolute atomic E-state index is 14.1. The molecule has 138 valence electrons. The van der Waals surface area contributed by atoms with E-state index in [-0.39, 0.29) is 0 Å². The molecular weight excluding hydrogens is 345 g/mol. The average molecular weight is 365 g/mol. The number of primary amides is 1. The van der Waals surface area contributed by atoms with Gasteiger partial charge in [-0.15, -0.1) is 0 Å². The number of amides is 1. The van der Waals surface area contributed by atoms with Crippen molar-refractivity contribution in [3.8, 4) is 22.8 Å². The molecule has 3 aromatic rings. The fourth-order valence-corrected chi connectivity index (χ4v) is 2.67. The van der Waals surface area contributed by atoms with Crippen molar-refractivity contribution in [2.45, 2.75) is 26.4 Å². The van der Waals surface area contributed by atoms with Crippen LogP contribution in [-0.2, 0) is 5.67 Å². The minimum Gasteiger partial charge on any atom is -0.456 e. The van der Waals surface area contributed by atoms with E-state index in [4.69, 9.17) is 10.5 Å². The summed E-state index contributed by atoms with van der Waals surface area (Å²) in [5.41, 5.74) is 7.04. The molecule has 2 heterocycles. The molecule has 0 bridgehead atoms. The van der Waals surface area contributed by atoms with E-state index in [9.17, 15) is 9.18 Å². The zero-order chi connectivity index (χ0) is 19.6. The van der Waals surface area contributed by atoms with E-state index in [0.29, 0.717) is 28.3 Å². The van der Waals surface area contributed by atoms with Crippen LogP contribution in [0.5, 0.6) is 11.5 Å². The number of rotatable bonds is 5. The number of hydrogen-bond donors (Lipinski definition) is 1. The predicted molar refractivity (Wildman–Crippen MR) is 101 cm³/mol. The van der Waals surface area contributed by atoms with Gasteiger partial charge in [-0.1, -0.05) is 6.07 Å². The van der Waals surface area contributed by atoms with Crippen molar-refractivity contribution in [1.82, 2.24) is 9.97 Å². The number of ether oxygens (including phenoxy) is 1.